The molecule has 2 amide bonds. The molecule has 10 heteroatoms. The molecule has 3 heterocycles. The molecule has 0 aliphatic carbocycles. The topological polar surface area (TPSA) is 105 Å². The maximum absolute atomic E-state index is 13.7. The lowest BCUT2D eigenvalue weighted by atomic mass is 9.75. The van der Waals surface area contributed by atoms with Crippen LogP contribution >= 0.6 is 11.6 Å². The molecule has 0 saturated carbocycles. The van der Waals surface area contributed by atoms with Crippen molar-refractivity contribution in [3.63, 3.8) is 0 Å². The zero-order valence-corrected chi connectivity index (χ0v) is 24.7. The molecule has 220 valence electrons. The number of hydrogen-bond donors (Lipinski definition) is 2. The van der Waals surface area contributed by atoms with Gasteiger partial charge in [0.15, 0.2) is 0 Å². The molecule has 2 aromatic rings. The molecular weight excluding hydrogens is 562 g/mol. The molecule has 0 radical (unpaired) electrons. The highest BCUT2D eigenvalue weighted by Gasteiger charge is 2.42. The lowest BCUT2D eigenvalue weighted by molar-refractivity contribution is -0.140. The SMILES string of the molecule is O=C1N[C@H]2CCN(S(=O)(=O)Cc3ccccc3Cl)C[C@H]2C/C=C/CC2(CCOCC2)C(=O)N[C@@H]1Cc1ccccc1. The Kier molecular flexibility index (Phi) is 9.49. The summed E-state index contributed by atoms with van der Waals surface area (Å²) in [7, 11) is -3.61. The van der Waals surface area contributed by atoms with Gasteiger partial charge in [-0.1, -0.05) is 72.3 Å². The van der Waals surface area contributed by atoms with E-state index in [1.165, 1.54) is 4.31 Å². The maximum Gasteiger partial charge on any atom is 0.243 e. The maximum atomic E-state index is 13.7. The van der Waals surface area contributed by atoms with Gasteiger partial charge in [-0.3, -0.25) is 9.59 Å². The number of allylic oxidation sites excluding steroid dienone is 2. The lowest BCUT2D eigenvalue weighted by Gasteiger charge is -2.40. The number of nitrogens with one attached hydrogen (secondary N) is 2. The summed E-state index contributed by atoms with van der Waals surface area (Å²) in [5.41, 5.74) is 0.891. The second-order valence-electron chi connectivity index (χ2n) is 11.4. The molecule has 3 aliphatic heterocycles. The van der Waals surface area contributed by atoms with Crippen molar-refractivity contribution in [1.29, 1.82) is 0 Å². The lowest BCUT2D eigenvalue weighted by Crippen LogP contribution is -2.58. The second-order valence-corrected chi connectivity index (χ2v) is 13.8. The van der Waals surface area contributed by atoms with E-state index in [2.05, 4.69) is 16.7 Å². The summed E-state index contributed by atoms with van der Waals surface area (Å²) >= 11 is 6.26. The predicted molar refractivity (Wildman–Crippen MR) is 159 cm³/mol. The molecule has 0 bridgehead atoms. The minimum atomic E-state index is -3.61. The van der Waals surface area contributed by atoms with Crippen molar-refractivity contribution in [3.8, 4) is 0 Å². The molecule has 3 atom stereocenters. The Hall–Kier alpha value is -2.72. The summed E-state index contributed by atoms with van der Waals surface area (Å²) in [6, 6.07) is 15.7. The van der Waals surface area contributed by atoms with Crippen LogP contribution in [-0.4, -0.2) is 62.9 Å². The zero-order valence-electron chi connectivity index (χ0n) is 23.1. The summed E-state index contributed by atoms with van der Waals surface area (Å²) in [5, 5.41) is 6.72. The Morgan fingerprint density at radius 2 is 1.71 bits per heavy atom. The number of ether oxygens (including phenoxy) is 1. The van der Waals surface area contributed by atoms with Crippen molar-refractivity contribution in [3.05, 3.63) is 82.9 Å². The van der Waals surface area contributed by atoms with E-state index in [0.29, 0.717) is 75.4 Å². The molecule has 5 rings (SSSR count). The van der Waals surface area contributed by atoms with E-state index in [9.17, 15) is 18.0 Å². The van der Waals surface area contributed by atoms with E-state index in [1.54, 1.807) is 24.3 Å². The summed E-state index contributed by atoms with van der Waals surface area (Å²) in [6.45, 7) is 1.60. The highest BCUT2D eigenvalue weighted by atomic mass is 35.5. The Morgan fingerprint density at radius 3 is 2.46 bits per heavy atom. The van der Waals surface area contributed by atoms with Crippen LogP contribution in [-0.2, 0) is 36.5 Å². The quantitative estimate of drug-likeness (QED) is 0.508. The van der Waals surface area contributed by atoms with Gasteiger partial charge in [0.2, 0.25) is 21.8 Å². The Balaban J connectivity index is 1.39. The standard InChI is InChI=1S/C31H38ClN3O5S/c32-26-12-5-4-11-25(26)22-41(38,39)35-17-13-27-24(21-35)10-6-7-14-31(15-18-40-19-16-31)30(37)34-28(29(36)33-27)20-23-8-2-1-3-9-23/h1-9,11-12,24,27-28H,10,13-22H2,(H,33,36)(H,34,37)/b7-6+/t24-,27+,28-/m1/s1. The third-order valence-electron chi connectivity index (χ3n) is 8.66. The van der Waals surface area contributed by atoms with Crippen molar-refractivity contribution >= 4 is 33.4 Å². The molecule has 0 aromatic heterocycles. The molecular formula is C31H38ClN3O5S. The predicted octanol–water partition coefficient (Wildman–Crippen LogP) is 3.85. The number of sulfonamides is 1. The fraction of sp³-hybridized carbons (Fsp3) is 0.484. The van der Waals surface area contributed by atoms with E-state index in [-0.39, 0.29) is 29.5 Å². The summed E-state index contributed by atoms with van der Waals surface area (Å²) in [4.78, 5) is 27.4. The summed E-state index contributed by atoms with van der Waals surface area (Å²) in [6.07, 6.45) is 7.27. The van der Waals surface area contributed by atoms with E-state index in [0.717, 1.165) is 5.56 Å². The van der Waals surface area contributed by atoms with Gasteiger partial charge in [-0.05, 0) is 55.2 Å². The average Bonchev–Trinajstić information content (AvgIpc) is 2.97. The normalized spacial score (nSPS) is 26.6. The molecule has 2 N–H and O–H groups in total. The summed E-state index contributed by atoms with van der Waals surface area (Å²) in [5.74, 6) is -0.624. The van der Waals surface area contributed by atoms with Gasteiger partial charge in [0.1, 0.15) is 6.04 Å². The van der Waals surface area contributed by atoms with Crippen LogP contribution < -0.4 is 10.6 Å². The highest BCUT2D eigenvalue weighted by molar-refractivity contribution is 7.88. The van der Waals surface area contributed by atoms with E-state index < -0.39 is 21.5 Å². The number of piperidine rings is 1. The van der Waals surface area contributed by atoms with Gasteiger partial charge in [-0.15, -0.1) is 0 Å². The zero-order chi connectivity index (χ0) is 28.9. The van der Waals surface area contributed by atoms with Crippen LogP contribution in [0.15, 0.2) is 66.7 Å². The van der Waals surface area contributed by atoms with Gasteiger partial charge in [0, 0.05) is 43.8 Å². The molecule has 2 aromatic carbocycles. The summed E-state index contributed by atoms with van der Waals surface area (Å²) < 4.78 is 33.9. The Labute approximate surface area is 247 Å². The van der Waals surface area contributed by atoms with Crippen LogP contribution in [0.25, 0.3) is 0 Å². The largest absolute Gasteiger partial charge is 0.381 e. The number of nitrogens with zero attached hydrogens (tertiary/aromatic N) is 1. The Bertz CT molecular complexity index is 1360. The van der Waals surface area contributed by atoms with Crippen LogP contribution in [0.5, 0.6) is 0 Å². The van der Waals surface area contributed by atoms with Crippen molar-refractivity contribution in [2.45, 2.75) is 56.4 Å². The van der Waals surface area contributed by atoms with Gasteiger partial charge in [0.25, 0.3) is 0 Å². The molecule has 2 fully saturated rings. The number of rotatable bonds is 5. The smallest absolute Gasteiger partial charge is 0.243 e. The molecule has 2 saturated heterocycles. The van der Waals surface area contributed by atoms with Crippen LogP contribution in [0.2, 0.25) is 5.02 Å². The Morgan fingerprint density at radius 1 is 0.976 bits per heavy atom. The number of benzene rings is 2. The second kappa shape index (κ2) is 13.1. The highest BCUT2D eigenvalue weighted by Crippen LogP contribution is 2.36. The number of hydrogen-bond acceptors (Lipinski definition) is 5. The number of carbonyl (C=O) groups excluding carboxylic acids is 2. The van der Waals surface area contributed by atoms with Crippen molar-refractivity contribution < 1.29 is 22.7 Å². The van der Waals surface area contributed by atoms with Crippen LogP contribution in [0.1, 0.15) is 43.2 Å². The van der Waals surface area contributed by atoms with Crippen LogP contribution in [0.4, 0.5) is 0 Å². The number of fused-ring (bicyclic) bond motifs is 1. The molecule has 8 nitrogen and oxygen atoms in total. The first-order chi connectivity index (χ1) is 19.8. The monoisotopic (exact) mass is 599 g/mol. The molecule has 41 heavy (non-hydrogen) atoms. The number of amides is 2. The molecule has 0 unspecified atom stereocenters. The van der Waals surface area contributed by atoms with E-state index >= 15 is 0 Å². The third-order valence-corrected chi connectivity index (χ3v) is 10.8. The first-order valence-corrected chi connectivity index (χ1v) is 16.3. The molecule has 3 aliphatic rings. The first-order valence-electron chi connectivity index (χ1n) is 14.3. The van der Waals surface area contributed by atoms with Gasteiger partial charge in [-0.2, -0.15) is 0 Å². The van der Waals surface area contributed by atoms with Crippen molar-refractivity contribution in [1.82, 2.24) is 14.9 Å². The minimum absolute atomic E-state index is 0.108. The fourth-order valence-electron chi connectivity index (χ4n) is 6.10. The van der Waals surface area contributed by atoms with Crippen molar-refractivity contribution in [2.75, 3.05) is 26.3 Å². The minimum Gasteiger partial charge on any atom is -0.381 e. The van der Waals surface area contributed by atoms with Crippen LogP contribution in [0, 0.1) is 11.3 Å². The van der Waals surface area contributed by atoms with E-state index in [4.69, 9.17) is 16.3 Å². The van der Waals surface area contributed by atoms with Gasteiger partial charge < -0.3 is 15.4 Å². The van der Waals surface area contributed by atoms with Crippen LogP contribution in [0.3, 0.4) is 0 Å². The van der Waals surface area contributed by atoms with Gasteiger partial charge in [-0.25, -0.2) is 12.7 Å². The van der Waals surface area contributed by atoms with Gasteiger partial charge in [0.05, 0.1) is 11.2 Å². The average molecular weight is 600 g/mol. The first kappa shape index (κ1) is 29.8. The number of carbonyl (C=O) groups is 2. The van der Waals surface area contributed by atoms with Crippen molar-refractivity contribution in [2.24, 2.45) is 11.3 Å². The van der Waals surface area contributed by atoms with E-state index in [1.807, 2.05) is 36.4 Å². The van der Waals surface area contributed by atoms with Gasteiger partial charge >= 0.3 is 0 Å². The third kappa shape index (κ3) is 7.20. The fourth-order valence-corrected chi connectivity index (χ4v) is 8.01. The number of halogens is 1. The molecule has 1 spiro atoms.